The van der Waals surface area contributed by atoms with Crippen molar-refractivity contribution in [1.82, 2.24) is 14.7 Å². The molecule has 0 saturated carbocycles. The van der Waals surface area contributed by atoms with Crippen LogP contribution in [0.15, 0.2) is 24.3 Å². The van der Waals surface area contributed by atoms with Crippen LogP contribution in [0, 0.1) is 0 Å². The van der Waals surface area contributed by atoms with E-state index in [1.165, 1.54) is 73.5 Å². The van der Waals surface area contributed by atoms with Crippen LogP contribution in [0.25, 0.3) is 5.69 Å². The van der Waals surface area contributed by atoms with E-state index in [2.05, 4.69) is 46.1 Å². The molecule has 2 aromatic rings. The van der Waals surface area contributed by atoms with E-state index in [4.69, 9.17) is 5.10 Å². The van der Waals surface area contributed by atoms with Gasteiger partial charge in [0.25, 0.3) is 0 Å². The Balaban J connectivity index is 1.67. The Bertz CT molecular complexity index is 695. The number of piperidine rings is 1. The smallest absolute Gasteiger partial charge is 0.133 e. The third-order valence-electron chi connectivity index (χ3n) is 5.62. The van der Waals surface area contributed by atoms with E-state index >= 15 is 0 Å². The minimum Gasteiger partial charge on any atom is -0.370 e. The van der Waals surface area contributed by atoms with Crippen LogP contribution in [0.3, 0.4) is 0 Å². The Morgan fingerprint density at radius 2 is 1.80 bits per heavy atom. The average molecular weight is 338 g/mol. The Kier molecular flexibility index (Phi) is 5.07. The molecule has 1 aromatic heterocycles. The molecule has 1 saturated heterocycles. The summed E-state index contributed by atoms with van der Waals surface area (Å²) >= 11 is 0. The molecule has 4 nitrogen and oxygen atoms in total. The van der Waals surface area contributed by atoms with Gasteiger partial charge in [0.1, 0.15) is 5.82 Å². The second-order valence-electron chi connectivity index (χ2n) is 7.43. The number of hydrogen-bond donors (Lipinski definition) is 1. The van der Waals surface area contributed by atoms with Gasteiger partial charge in [-0.15, -0.1) is 0 Å². The number of hydrogen-bond acceptors (Lipinski definition) is 3. The number of fused-ring (bicyclic) bond motifs is 1. The van der Waals surface area contributed by atoms with Gasteiger partial charge in [0.15, 0.2) is 0 Å². The minimum atomic E-state index is 1.00. The van der Waals surface area contributed by atoms with Crippen LogP contribution in [0.1, 0.15) is 55.8 Å². The fraction of sp³-hybridized carbons (Fsp3) is 0.571. The Labute approximate surface area is 151 Å². The summed E-state index contributed by atoms with van der Waals surface area (Å²) in [6.45, 7) is 6.70. The van der Waals surface area contributed by atoms with E-state index in [0.29, 0.717) is 0 Å². The second-order valence-corrected chi connectivity index (χ2v) is 7.43. The average Bonchev–Trinajstić information content (AvgIpc) is 2.84. The number of anilines is 1. The lowest BCUT2D eigenvalue weighted by Gasteiger charge is -2.25. The van der Waals surface area contributed by atoms with E-state index in [1.807, 2.05) is 0 Å². The molecule has 1 aromatic carbocycles. The summed E-state index contributed by atoms with van der Waals surface area (Å²) in [5.74, 6) is 1.23. The number of likely N-dealkylation sites (tertiary alicyclic amines) is 1. The van der Waals surface area contributed by atoms with Crippen molar-refractivity contribution < 1.29 is 0 Å². The third kappa shape index (κ3) is 3.59. The van der Waals surface area contributed by atoms with Gasteiger partial charge in [-0.2, -0.15) is 5.10 Å². The van der Waals surface area contributed by atoms with Gasteiger partial charge in [-0.3, -0.25) is 4.90 Å². The van der Waals surface area contributed by atoms with Gasteiger partial charge in [-0.25, -0.2) is 4.68 Å². The lowest BCUT2D eigenvalue weighted by Crippen LogP contribution is -2.29. The normalized spacial score (nSPS) is 18.4. The summed E-state index contributed by atoms with van der Waals surface area (Å²) in [4.78, 5) is 2.58. The molecule has 0 unspecified atom stereocenters. The van der Waals surface area contributed by atoms with Gasteiger partial charge in [-0.1, -0.05) is 25.5 Å². The van der Waals surface area contributed by atoms with Gasteiger partial charge in [0, 0.05) is 18.7 Å². The molecule has 0 radical (unpaired) electrons. The maximum absolute atomic E-state index is 5.07. The first-order valence-corrected chi connectivity index (χ1v) is 10.0. The van der Waals surface area contributed by atoms with Crippen LogP contribution in [-0.4, -0.2) is 34.3 Å². The van der Waals surface area contributed by atoms with Crippen molar-refractivity contribution in [1.29, 1.82) is 0 Å². The van der Waals surface area contributed by atoms with E-state index in [1.54, 1.807) is 0 Å². The molecule has 0 amide bonds. The van der Waals surface area contributed by atoms with Gasteiger partial charge in [-0.05, 0) is 69.3 Å². The molecule has 134 valence electrons. The van der Waals surface area contributed by atoms with Crippen LogP contribution in [0.4, 0.5) is 5.82 Å². The van der Waals surface area contributed by atoms with Crippen LogP contribution in [0.2, 0.25) is 0 Å². The van der Waals surface area contributed by atoms with E-state index < -0.39 is 0 Å². The van der Waals surface area contributed by atoms with Crippen molar-refractivity contribution in [2.45, 2.75) is 58.4 Å². The summed E-state index contributed by atoms with van der Waals surface area (Å²) in [7, 11) is 0. The molecular weight excluding hydrogens is 308 g/mol. The SMILES string of the molecule is CCc1ccc(-n2nc(CN3CCCCC3)c3c2NCCCC3)cc1. The standard InChI is InChI=1S/C21H30N4/c1-2-17-9-11-18(12-10-17)25-21-19(8-4-5-13-22-21)20(23-25)16-24-14-6-3-7-15-24/h9-12,22H,2-8,13-16H2,1H3. The number of aryl methyl sites for hydroxylation is 1. The Morgan fingerprint density at radius 1 is 1.00 bits per heavy atom. The molecule has 0 bridgehead atoms. The molecule has 3 heterocycles. The Morgan fingerprint density at radius 3 is 2.56 bits per heavy atom. The molecule has 2 aliphatic heterocycles. The van der Waals surface area contributed by atoms with Crippen LogP contribution in [-0.2, 0) is 19.4 Å². The lowest BCUT2D eigenvalue weighted by molar-refractivity contribution is 0.217. The predicted octanol–water partition coefficient (Wildman–Crippen LogP) is 4.17. The highest BCUT2D eigenvalue weighted by Crippen LogP contribution is 2.29. The number of benzene rings is 1. The van der Waals surface area contributed by atoms with Gasteiger partial charge in [0.2, 0.25) is 0 Å². The minimum absolute atomic E-state index is 1.00. The van der Waals surface area contributed by atoms with Gasteiger partial charge in [0.05, 0.1) is 11.4 Å². The first-order chi connectivity index (χ1) is 12.3. The molecule has 4 rings (SSSR count). The van der Waals surface area contributed by atoms with Crippen LogP contribution >= 0.6 is 0 Å². The number of nitrogens with zero attached hydrogens (tertiary/aromatic N) is 3. The zero-order valence-electron chi connectivity index (χ0n) is 15.4. The zero-order valence-corrected chi connectivity index (χ0v) is 15.4. The molecule has 1 N–H and O–H groups in total. The topological polar surface area (TPSA) is 33.1 Å². The maximum Gasteiger partial charge on any atom is 0.133 e. The van der Waals surface area contributed by atoms with Gasteiger partial charge < -0.3 is 5.32 Å². The first kappa shape index (κ1) is 16.6. The predicted molar refractivity (Wildman–Crippen MR) is 103 cm³/mol. The third-order valence-corrected chi connectivity index (χ3v) is 5.62. The summed E-state index contributed by atoms with van der Waals surface area (Å²) in [6, 6.07) is 8.88. The summed E-state index contributed by atoms with van der Waals surface area (Å²) < 4.78 is 2.15. The summed E-state index contributed by atoms with van der Waals surface area (Å²) in [5, 5.41) is 8.73. The largest absolute Gasteiger partial charge is 0.370 e. The van der Waals surface area contributed by atoms with E-state index in [-0.39, 0.29) is 0 Å². The van der Waals surface area contributed by atoms with E-state index in [0.717, 1.165) is 25.9 Å². The fourth-order valence-electron chi connectivity index (χ4n) is 4.09. The van der Waals surface area contributed by atoms with E-state index in [9.17, 15) is 0 Å². The van der Waals surface area contributed by atoms with Crippen molar-refractivity contribution in [2.24, 2.45) is 0 Å². The molecule has 2 aliphatic rings. The highest BCUT2D eigenvalue weighted by atomic mass is 15.3. The molecule has 4 heteroatoms. The summed E-state index contributed by atoms with van der Waals surface area (Å²) in [5.41, 5.74) is 5.28. The van der Waals surface area contributed by atoms with Crippen molar-refractivity contribution >= 4 is 5.82 Å². The maximum atomic E-state index is 5.07. The quantitative estimate of drug-likeness (QED) is 0.908. The number of rotatable bonds is 4. The van der Waals surface area contributed by atoms with Crippen molar-refractivity contribution in [3.05, 3.63) is 41.1 Å². The molecule has 25 heavy (non-hydrogen) atoms. The Hall–Kier alpha value is -1.81. The van der Waals surface area contributed by atoms with Crippen molar-refractivity contribution in [2.75, 3.05) is 25.0 Å². The van der Waals surface area contributed by atoms with Crippen LogP contribution < -0.4 is 5.32 Å². The second kappa shape index (κ2) is 7.61. The number of aromatic nitrogens is 2. The van der Waals surface area contributed by atoms with Crippen molar-refractivity contribution in [3.8, 4) is 5.69 Å². The molecular formula is C21H30N4. The van der Waals surface area contributed by atoms with Crippen molar-refractivity contribution in [3.63, 3.8) is 0 Å². The monoisotopic (exact) mass is 338 g/mol. The highest BCUT2D eigenvalue weighted by Gasteiger charge is 2.22. The zero-order chi connectivity index (χ0) is 17.1. The summed E-state index contributed by atoms with van der Waals surface area (Å²) in [6.07, 6.45) is 8.78. The fourth-order valence-corrected chi connectivity index (χ4v) is 4.09. The highest BCUT2D eigenvalue weighted by molar-refractivity contribution is 5.54. The van der Waals surface area contributed by atoms with Gasteiger partial charge >= 0.3 is 0 Å². The van der Waals surface area contributed by atoms with Crippen LogP contribution in [0.5, 0.6) is 0 Å². The lowest BCUT2D eigenvalue weighted by atomic mass is 10.1. The molecule has 1 fully saturated rings. The molecule has 0 aliphatic carbocycles. The molecule has 0 spiro atoms. The first-order valence-electron chi connectivity index (χ1n) is 10.0. The number of nitrogens with one attached hydrogen (secondary N) is 1. The molecule has 0 atom stereocenters.